The highest BCUT2D eigenvalue weighted by molar-refractivity contribution is 7.88. The highest BCUT2D eigenvalue weighted by Gasteiger charge is 2.05. The molecule has 0 aliphatic rings. The third-order valence-electron chi connectivity index (χ3n) is 3.08. The van der Waals surface area contributed by atoms with E-state index in [9.17, 15) is 8.42 Å². The van der Waals surface area contributed by atoms with Crippen LogP contribution in [0.2, 0.25) is 0 Å². The molecule has 20 heavy (non-hydrogen) atoms. The number of sulfonamides is 1. The van der Waals surface area contributed by atoms with Crippen LogP contribution in [-0.2, 0) is 10.0 Å². The van der Waals surface area contributed by atoms with Gasteiger partial charge in [-0.3, -0.25) is 0 Å². The number of nitrogens with one attached hydrogen (secondary N) is 2. The fraction of sp³-hybridized carbons (Fsp3) is 0.571. The van der Waals surface area contributed by atoms with Gasteiger partial charge in [-0.05, 0) is 37.6 Å². The predicted octanol–water partition coefficient (Wildman–Crippen LogP) is 1.34. The maximum Gasteiger partial charge on any atom is 0.208 e. The molecule has 1 unspecified atom stereocenters. The quantitative estimate of drug-likeness (QED) is 0.711. The van der Waals surface area contributed by atoms with Crippen molar-refractivity contribution in [1.29, 1.82) is 0 Å². The molecule has 0 aliphatic heterocycles. The van der Waals surface area contributed by atoms with Crippen molar-refractivity contribution < 1.29 is 8.42 Å². The Bertz CT molecular complexity index is 498. The molecule has 0 fully saturated rings. The molecule has 1 aromatic carbocycles. The van der Waals surface area contributed by atoms with Crippen molar-refractivity contribution in [1.82, 2.24) is 10.0 Å². The minimum Gasteiger partial charge on any atom is -0.378 e. The van der Waals surface area contributed by atoms with Gasteiger partial charge in [0.05, 0.1) is 6.26 Å². The number of rotatable bonds is 8. The second-order valence-electron chi connectivity index (χ2n) is 5.18. The molecule has 0 aliphatic carbocycles. The number of hydrogen-bond acceptors (Lipinski definition) is 4. The van der Waals surface area contributed by atoms with Gasteiger partial charge in [-0.15, -0.1) is 0 Å². The van der Waals surface area contributed by atoms with Crippen molar-refractivity contribution in [2.75, 3.05) is 38.3 Å². The van der Waals surface area contributed by atoms with Gasteiger partial charge in [-0.2, -0.15) is 0 Å². The zero-order valence-electron chi connectivity index (χ0n) is 12.7. The van der Waals surface area contributed by atoms with E-state index in [2.05, 4.69) is 46.1 Å². The van der Waals surface area contributed by atoms with Crippen LogP contribution in [0.1, 0.15) is 24.9 Å². The first-order valence-electron chi connectivity index (χ1n) is 6.75. The van der Waals surface area contributed by atoms with E-state index >= 15 is 0 Å². The Balaban J connectivity index is 2.34. The number of anilines is 1. The Morgan fingerprint density at radius 1 is 1.15 bits per heavy atom. The molecule has 0 saturated carbocycles. The molecule has 0 spiro atoms. The Hall–Kier alpha value is -1.11. The van der Waals surface area contributed by atoms with Crippen LogP contribution in [0, 0.1) is 0 Å². The standard InChI is InChI=1S/C14H25N3O2S/c1-12(15-10-5-11-16-20(4,18)19)13-6-8-14(9-7-13)17(2)3/h6-9,12,15-16H,5,10-11H2,1-4H3. The van der Waals surface area contributed by atoms with Gasteiger partial charge in [0.15, 0.2) is 0 Å². The summed E-state index contributed by atoms with van der Waals surface area (Å²) in [5, 5.41) is 3.39. The largest absolute Gasteiger partial charge is 0.378 e. The van der Waals surface area contributed by atoms with Crippen molar-refractivity contribution >= 4 is 15.7 Å². The monoisotopic (exact) mass is 299 g/mol. The van der Waals surface area contributed by atoms with Gasteiger partial charge in [0, 0.05) is 32.4 Å². The molecule has 0 bridgehead atoms. The third kappa shape index (κ3) is 6.36. The zero-order chi connectivity index (χ0) is 15.2. The van der Waals surface area contributed by atoms with E-state index in [4.69, 9.17) is 0 Å². The van der Waals surface area contributed by atoms with Gasteiger partial charge in [0.1, 0.15) is 0 Å². The SMILES string of the molecule is CC(NCCCNS(C)(=O)=O)c1ccc(N(C)C)cc1. The number of benzene rings is 1. The van der Waals surface area contributed by atoms with Gasteiger partial charge >= 0.3 is 0 Å². The maximum atomic E-state index is 10.9. The molecule has 5 nitrogen and oxygen atoms in total. The predicted molar refractivity (Wildman–Crippen MR) is 84.7 cm³/mol. The fourth-order valence-electron chi connectivity index (χ4n) is 1.84. The van der Waals surface area contributed by atoms with Crippen LogP contribution in [-0.4, -0.2) is 41.9 Å². The van der Waals surface area contributed by atoms with Gasteiger partial charge in [0.25, 0.3) is 0 Å². The number of hydrogen-bond donors (Lipinski definition) is 2. The lowest BCUT2D eigenvalue weighted by molar-refractivity contribution is 0.548. The highest BCUT2D eigenvalue weighted by Crippen LogP contribution is 2.17. The topological polar surface area (TPSA) is 61.4 Å². The fourth-order valence-corrected chi connectivity index (χ4v) is 2.36. The minimum atomic E-state index is -3.07. The smallest absolute Gasteiger partial charge is 0.208 e. The van der Waals surface area contributed by atoms with Crippen molar-refractivity contribution in [2.45, 2.75) is 19.4 Å². The normalized spacial score (nSPS) is 13.2. The maximum absolute atomic E-state index is 10.9. The Labute approximate surface area is 122 Å². The highest BCUT2D eigenvalue weighted by atomic mass is 32.2. The van der Waals surface area contributed by atoms with E-state index in [-0.39, 0.29) is 6.04 Å². The average molecular weight is 299 g/mol. The van der Waals surface area contributed by atoms with Gasteiger partial charge < -0.3 is 10.2 Å². The van der Waals surface area contributed by atoms with Crippen molar-refractivity contribution in [3.63, 3.8) is 0 Å². The van der Waals surface area contributed by atoms with Crippen molar-refractivity contribution in [3.05, 3.63) is 29.8 Å². The molecule has 6 heteroatoms. The van der Waals surface area contributed by atoms with Crippen LogP contribution in [0.3, 0.4) is 0 Å². The molecule has 0 aromatic heterocycles. The molecule has 2 N–H and O–H groups in total. The van der Waals surface area contributed by atoms with Crippen LogP contribution in [0.5, 0.6) is 0 Å². The lowest BCUT2D eigenvalue weighted by Gasteiger charge is -2.17. The van der Waals surface area contributed by atoms with Crippen LogP contribution in [0.15, 0.2) is 24.3 Å². The molecule has 0 heterocycles. The molecular weight excluding hydrogens is 274 g/mol. The van der Waals surface area contributed by atoms with Gasteiger partial charge in [-0.25, -0.2) is 13.1 Å². The zero-order valence-corrected chi connectivity index (χ0v) is 13.5. The second-order valence-corrected chi connectivity index (χ2v) is 7.01. The van der Waals surface area contributed by atoms with E-state index < -0.39 is 10.0 Å². The molecule has 0 saturated heterocycles. The first kappa shape index (κ1) is 16.9. The summed E-state index contributed by atoms with van der Waals surface area (Å²) in [5.74, 6) is 0. The van der Waals surface area contributed by atoms with Gasteiger partial charge in [0.2, 0.25) is 10.0 Å². The molecule has 0 radical (unpaired) electrons. The molecule has 114 valence electrons. The Morgan fingerprint density at radius 3 is 2.25 bits per heavy atom. The summed E-state index contributed by atoms with van der Waals surface area (Å²) in [7, 11) is 0.966. The lowest BCUT2D eigenvalue weighted by Crippen LogP contribution is -2.27. The van der Waals surface area contributed by atoms with Crippen LogP contribution in [0.4, 0.5) is 5.69 Å². The summed E-state index contributed by atoms with van der Waals surface area (Å²) in [6, 6.07) is 8.67. The van der Waals surface area contributed by atoms with E-state index in [0.717, 1.165) is 13.0 Å². The van der Waals surface area contributed by atoms with E-state index in [0.29, 0.717) is 6.54 Å². The Kier molecular flexibility index (Phi) is 6.45. The summed E-state index contributed by atoms with van der Waals surface area (Å²) in [5.41, 5.74) is 2.41. The molecule has 1 atom stereocenters. The first-order valence-corrected chi connectivity index (χ1v) is 8.64. The number of nitrogens with zero attached hydrogens (tertiary/aromatic N) is 1. The molecule has 1 rings (SSSR count). The van der Waals surface area contributed by atoms with E-state index in [1.165, 1.54) is 17.5 Å². The summed E-state index contributed by atoms with van der Waals surface area (Å²) in [6.07, 6.45) is 1.95. The van der Waals surface area contributed by atoms with Gasteiger partial charge in [-0.1, -0.05) is 12.1 Å². The summed E-state index contributed by atoms with van der Waals surface area (Å²) in [6.45, 7) is 3.35. The molecule has 0 amide bonds. The Morgan fingerprint density at radius 2 is 1.75 bits per heavy atom. The molecule has 1 aromatic rings. The van der Waals surface area contributed by atoms with Crippen LogP contribution < -0.4 is 14.9 Å². The van der Waals surface area contributed by atoms with Crippen LogP contribution in [0.25, 0.3) is 0 Å². The first-order chi connectivity index (χ1) is 9.29. The summed E-state index contributed by atoms with van der Waals surface area (Å²) < 4.78 is 24.3. The minimum absolute atomic E-state index is 0.254. The summed E-state index contributed by atoms with van der Waals surface area (Å²) >= 11 is 0. The third-order valence-corrected chi connectivity index (χ3v) is 3.81. The van der Waals surface area contributed by atoms with Crippen molar-refractivity contribution in [2.24, 2.45) is 0 Å². The lowest BCUT2D eigenvalue weighted by atomic mass is 10.1. The van der Waals surface area contributed by atoms with Crippen LogP contribution >= 0.6 is 0 Å². The molecular formula is C14H25N3O2S. The van der Waals surface area contributed by atoms with Crippen molar-refractivity contribution in [3.8, 4) is 0 Å². The summed E-state index contributed by atoms with van der Waals surface area (Å²) in [4.78, 5) is 2.07. The van der Waals surface area contributed by atoms with E-state index in [1.807, 2.05) is 14.1 Å². The average Bonchev–Trinajstić information content (AvgIpc) is 2.37. The second kappa shape index (κ2) is 7.61. The van der Waals surface area contributed by atoms with E-state index in [1.54, 1.807) is 0 Å².